The lowest BCUT2D eigenvalue weighted by molar-refractivity contribution is 0.0935. The van der Waals surface area contributed by atoms with Crippen molar-refractivity contribution in [3.8, 4) is 6.07 Å². The molecule has 0 aromatic heterocycles. The summed E-state index contributed by atoms with van der Waals surface area (Å²) < 4.78 is 6.25. The van der Waals surface area contributed by atoms with Gasteiger partial charge >= 0.3 is 0 Å². The molecule has 3 heteroatoms. The highest BCUT2D eigenvalue weighted by atomic mass is 28.4. The Morgan fingerprint density at radius 2 is 1.39 bits per heavy atom. The minimum absolute atomic E-state index is 0.505. The van der Waals surface area contributed by atoms with Gasteiger partial charge in [0.25, 0.3) is 0 Å². The van der Waals surface area contributed by atoms with Gasteiger partial charge in [0.2, 0.25) is 0 Å². The van der Waals surface area contributed by atoms with Crippen molar-refractivity contribution in [1.29, 1.82) is 5.26 Å². The van der Waals surface area contributed by atoms with Gasteiger partial charge in [-0.3, -0.25) is 0 Å². The molecule has 0 aromatic rings. The van der Waals surface area contributed by atoms with Crippen LogP contribution < -0.4 is 0 Å². The van der Waals surface area contributed by atoms with Gasteiger partial charge in [-0.25, -0.2) is 0 Å². The third-order valence-corrected chi connectivity index (χ3v) is 4.08. The predicted molar refractivity (Wildman–Crippen MR) is 81.1 cm³/mol. The van der Waals surface area contributed by atoms with Gasteiger partial charge in [-0.1, -0.05) is 39.5 Å². The van der Waals surface area contributed by atoms with Crippen LogP contribution in [-0.4, -0.2) is 13.9 Å². The Morgan fingerprint density at radius 1 is 0.944 bits per heavy atom. The number of nitrogens with zero attached hydrogens (tertiary/aromatic N) is 1. The molecule has 0 N–H and O–H groups in total. The van der Waals surface area contributed by atoms with Crippen LogP contribution in [0.3, 0.4) is 0 Å². The molecule has 0 aliphatic rings. The largest absolute Gasteiger partial charge is 0.400 e. The van der Waals surface area contributed by atoms with Crippen molar-refractivity contribution in [2.75, 3.05) is 0 Å². The van der Waals surface area contributed by atoms with Crippen molar-refractivity contribution in [1.82, 2.24) is 0 Å². The van der Waals surface area contributed by atoms with Gasteiger partial charge < -0.3 is 4.43 Å². The maximum atomic E-state index is 9.59. The van der Waals surface area contributed by atoms with Crippen LogP contribution in [0.25, 0.3) is 0 Å². The molecule has 0 aromatic carbocycles. The maximum Gasteiger partial charge on any atom is 0.185 e. The summed E-state index contributed by atoms with van der Waals surface area (Å²) in [4.78, 5) is 0. The van der Waals surface area contributed by atoms with E-state index in [1.54, 1.807) is 0 Å². The second kappa shape index (κ2) is 8.71. The van der Waals surface area contributed by atoms with E-state index >= 15 is 0 Å². The van der Waals surface area contributed by atoms with Crippen LogP contribution in [-0.2, 0) is 4.43 Å². The van der Waals surface area contributed by atoms with Gasteiger partial charge in [-0.15, -0.1) is 0 Å². The topological polar surface area (TPSA) is 33.0 Å². The van der Waals surface area contributed by atoms with Gasteiger partial charge in [-0.05, 0) is 45.3 Å². The van der Waals surface area contributed by atoms with Crippen molar-refractivity contribution in [2.24, 2.45) is 0 Å². The van der Waals surface area contributed by atoms with Gasteiger partial charge in [0.05, 0.1) is 6.07 Å². The number of unbranched alkanes of at least 4 members (excludes halogenated alkanes) is 4. The third-order valence-electron chi connectivity index (χ3n) is 3.07. The quantitative estimate of drug-likeness (QED) is 0.400. The van der Waals surface area contributed by atoms with Crippen molar-refractivity contribution in [3.63, 3.8) is 0 Å². The Kier molecular flexibility index (Phi) is 8.55. The zero-order chi connectivity index (χ0) is 14.1. The monoisotopic (exact) mass is 269 g/mol. The zero-order valence-corrected chi connectivity index (χ0v) is 14.0. The number of hydrogen-bond acceptors (Lipinski definition) is 2. The van der Waals surface area contributed by atoms with Crippen LogP contribution in [0.2, 0.25) is 19.6 Å². The fourth-order valence-electron chi connectivity index (χ4n) is 2.27. The smallest absolute Gasteiger partial charge is 0.185 e. The molecule has 2 nitrogen and oxygen atoms in total. The Morgan fingerprint density at radius 3 is 1.67 bits per heavy atom. The van der Waals surface area contributed by atoms with Crippen LogP contribution in [0.5, 0.6) is 0 Å². The van der Waals surface area contributed by atoms with Crippen molar-refractivity contribution in [3.05, 3.63) is 0 Å². The van der Waals surface area contributed by atoms with E-state index < -0.39 is 13.9 Å². The van der Waals surface area contributed by atoms with Crippen LogP contribution in [0.15, 0.2) is 0 Å². The van der Waals surface area contributed by atoms with Crippen LogP contribution >= 0.6 is 0 Å². The zero-order valence-electron chi connectivity index (χ0n) is 13.0. The maximum absolute atomic E-state index is 9.59. The lowest BCUT2D eigenvalue weighted by Gasteiger charge is -2.34. The molecule has 106 valence electrons. The minimum atomic E-state index is -1.66. The molecule has 18 heavy (non-hydrogen) atoms. The van der Waals surface area contributed by atoms with E-state index in [-0.39, 0.29) is 0 Å². The first-order valence-electron chi connectivity index (χ1n) is 7.50. The molecule has 0 radical (unpaired) electrons. The van der Waals surface area contributed by atoms with Crippen LogP contribution in [0.1, 0.15) is 65.2 Å². The van der Waals surface area contributed by atoms with E-state index in [0.717, 1.165) is 25.7 Å². The average molecular weight is 270 g/mol. The number of nitriles is 1. The average Bonchev–Trinajstić information content (AvgIpc) is 2.27. The van der Waals surface area contributed by atoms with Gasteiger partial charge in [0, 0.05) is 0 Å². The van der Waals surface area contributed by atoms with Crippen molar-refractivity contribution < 1.29 is 4.43 Å². The lowest BCUT2D eigenvalue weighted by atomic mass is 9.92. The molecule has 0 aliphatic heterocycles. The SMILES string of the molecule is CCCCCC(C#N)(CCCCC)O[Si](C)(C)C. The van der Waals surface area contributed by atoms with Gasteiger partial charge in [0.15, 0.2) is 8.32 Å². The molecule has 0 saturated heterocycles. The van der Waals surface area contributed by atoms with Gasteiger partial charge in [-0.2, -0.15) is 5.26 Å². The second-order valence-corrected chi connectivity index (χ2v) is 10.7. The van der Waals surface area contributed by atoms with Crippen LogP contribution in [0, 0.1) is 11.3 Å². The molecular weight excluding hydrogens is 238 g/mol. The first-order chi connectivity index (χ1) is 8.39. The second-order valence-electron chi connectivity index (χ2n) is 6.23. The summed E-state index contributed by atoms with van der Waals surface area (Å²) in [6, 6.07) is 2.50. The molecule has 0 heterocycles. The van der Waals surface area contributed by atoms with E-state index in [1.807, 2.05) is 0 Å². The minimum Gasteiger partial charge on any atom is -0.400 e. The molecule has 0 aliphatic carbocycles. The standard InChI is InChI=1S/C15H31NOSi/c1-6-8-10-12-15(14-16,13-11-9-7-2)17-18(3,4)5/h6-13H2,1-5H3. The highest BCUT2D eigenvalue weighted by molar-refractivity contribution is 6.69. The summed E-state index contributed by atoms with van der Waals surface area (Å²) in [5.41, 5.74) is -0.505. The summed E-state index contributed by atoms with van der Waals surface area (Å²) in [6.07, 6.45) is 8.84. The normalized spacial score (nSPS) is 12.4. The summed E-state index contributed by atoms with van der Waals surface area (Å²) in [6.45, 7) is 10.9. The predicted octanol–water partition coefficient (Wildman–Crippen LogP) is 5.26. The molecule has 0 spiro atoms. The Bertz CT molecular complexity index is 242. The molecule has 0 unspecified atom stereocenters. The molecule has 0 bridgehead atoms. The first kappa shape index (κ1) is 17.7. The summed E-state index contributed by atoms with van der Waals surface area (Å²) >= 11 is 0. The van der Waals surface area contributed by atoms with Crippen molar-refractivity contribution >= 4 is 8.32 Å². The fourth-order valence-corrected chi connectivity index (χ4v) is 3.69. The first-order valence-corrected chi connectivity index (χ1v) is 10.9. The van der Waals surface area contributed by atoms with Crippen molar-refractivity contribution in [2.45, 2.75) is 90.5 Å². The molecule has 0 atom stereocenters. The van der Waals surface area contributed by atoms with Crippen LogP contribution in [0.4, 0.5) is 0 Å². The Hall–Kier alpha value is -0.333. The van der Waals surface area contributed by atoms with E-state index in [9.17, 15) is 5.26 Å². The molecule has 0 rings (SSSR count). The van der Waals surface area contributed by atoms with E-state index in [2.05, 4.69) is 39.6 Å². The van der Waals surface area contributed by atoms with E-state index in [4.69, 9.17) is 4.43 Å². The molecule has 0 fully saturated rings. The summed E-state index contributed by atoms with van der Waals surface area (Å²) in [5.74, 6) is 0. The van der Waals surface area contributed by atoms with E-state index in [1.165, 1.54) is 25.7 Å². The summed E-state index contributed by atoms with van der Waals surface area (Å²) in [7, 11) is -1.66. The highest BCUT2D eigenvalue weighted by Gasteiger charge is 2.35. The molecule has 0 saturated carbocycles. The fraction of sp³-hybridized carbons (Fsp3) is 0.933. The number of hydrogen-bond donors (Lipinski definition) is 0. The molecule has 0 amide bonds. The third kappa shape index (κ3) is 7.89. The Labute approximate surface area is 115 Å². The lowest BCUT2D eigenvalue weighted by Crippen LogP contribution is -2.41. The van der Waals surface area contributed by atoms with Gasteiger partial charge in [0.1, 0.15) is 5.60 Å². The Balaban J connectivity index is 4.57. The highest BCUT2D eigenvalue weighted by Crippen LogP contribution is 2.29. The number of rotatable bonds is 10. The summed E-state index contributed by atoms with van der Waals surface area (Å²) in [5, 5.41) is 9.59. The van der Waals surface area contributed by atoms with E-state index in [0.29, 0.717) is 0 Å². The molecular formula is C15H31NOSi.